The second kappa shape index (κ2) is 8.88. The molecule has 27 heavy (non-hydrogen) atoms. The second-order valence-electron chi connectivity index (χ2n) is 7.88. The third kappa shape index (κ3) is 6.92. The van der Waals surface area contributed by atoms with Crippen molar-refractivity contribution in [2.24, 2.45) is 5.92 Å². The van der Waals surface area contributed by atoms with Crippen molar-refractivity contribution in [3.8, 4) is 0 Å². The highest BCUT2D eigenvalue weighted by atomic mass is 16.6. The van der Waals surface area contributed by atoms with E-state index in [1.165, 1.54) is 12.1 Å². The molecule has 0 saturated carbocycles. The van der Waals surface area contributed by atoms with Gasteiger partial charge in [-0.15, -0.1) is 0 Å². The zero-order valence-electron chi connectivity index (χ0n) is 16.2. The van der Waals surface area contributed by atoms with Gasteiger partial charge in [-0.1, -0.05) is 0 Å². The molecule has 2 amide bonds. The van der Waals surface area contributed by atoms with Crippen molar-refractivity contribution in [1.82, 2.24) is 4.90 Å². The number of carbonyl (C=O) groups excluding carboxylic acids is 2. The first-order chi connectivity index (χ1) is 12.6. The van der Waals surface area contributed by atoms with Gasteiger partial charge in [-0.25, -0.2) is 9.59 Å². The first-order valence-electron chi connectivity index (χ1n) is 9.25. The van der Waals surface area contributed by atoms with E-state index in [4.69, 9.17) is 9.84 Å². The van der Waals surface area contributed by atoms with Crippen LogP contribution in [0.15, 0.2) is 24.3 Å². The van der Waals surface area contributed by atoms with Crippen LogP contribution in [-0.2, 0) is 9.53 Å². The van der Waals surface area contributed by atoms with Crippen LogP contribution < -0.4 is 5.32 Å². The molecule has 0 bridgehead atoms. The standard InChI is InChI=1S/C20H28N2O5/c1-20(2,3)27-19(26)22-12-10-14(11-13-22)4-9-17(23)21-16-7-5-15(6-8-16)18(24)25/h5-8,14H,4,9-13H2,1-3H3,(H,21,23)(H,24,25). The summed E-state index contributed by atoms with van der Waals surface area (Å²) < 4.78 is 5.39. The molecule has 0 radical (unpaired) electrons. The van der Waals surface area contributed by atoms with Crippen molar-refractivity contribution in [2.75, 3.05) is 18.4 Å². The summed E-state index contributed by atoms with van der Waals surface area (Å²) in [5.74, 6) is -0.679. The van der Waals surface area contributed by atoms with Gasteiger partial charge >= 0.3 is 12.1 Å². The Kier molecular flexibility index (Phi) is 6.82. The predicted molar refractivity (Wildman–Crippen MR) is 102 cm³/mol. The number of piperidine rings is 1. The fourth-order valence-electron chi connectivity index (χ4n) is 2.99. The van der Waals surface area contributed by atoms with Crippen LogP contribution >= 0.6 is 0 Å². The number of nitrogens with zero attached hydrogens (tertiary/aromatic N) is 1. The fraction of sp³-hybridized carbons (Fsp3) is 0.550. The van der Waals surface area contributed by atoms with Crippen molar-refractivity contribution in [3.05, 3.63) is 29.8 Å². The smallest absolute Gasteiger partial charge is 0.410 e. The van der Waals surface area contributed by atoms with Crippen LogP contribution in [0.25, 0.3) is 0 Å². The lowest BCUT2D eigenvalue weighted by Crippen LogP contribution is -2.41. The Morgan fingerprint density at radius 3 is 2.26 bits per heavy atom. The van der Waals surface area contributed by atoms with Crippen molar-refractivity contribution in [3.63, 3.8) is 0 Å². The molecule has 1 fully saturated rings. The molecule has 7 nitrogen and oxygen atoms in total. The molecule has 1 aliphatic rings. The number of hydrogen-bond donors (Lipinski definition) is 2. The number of carboxylic acids is 1. The van der Waals surface area contributed by atoms with E-state index < -0.39 is 11.6 Å². The number of anilines is 1. The number of amides is 2. The lowest BCUT2D eigenvalue weighted by Gasteiger charge is -2.33. The Balaban J connectivity index is 1.71. The normalized spacial score (nSPS) is 15.3. The Labute approximate surface area is 159 Å². The number of nitrogens with one attached hydrogen (secondary N) is 1. The van der Waals surface area contributed by atoms with Crippen molar-refractivity contribution < 1.29 is 24.2 Å². The average molecular weight is 376 g/mol. The van der Waals surface area contributed by atoms with Crippen molar-refractivity contribution in [2.45, 2.75) is 52.1 Å². The van der Waals surface area contributed by atoms with E-state index in [1.807, 2.05) is 20.8 Å². The molecule has 0 aliphatic carbocycles. The summed E-state index contributed by atoms with van der Waals surface area (Å²) in [6, 6.07) is 6.09. The molecular weight excluding hydrogens is 348 g/mol. The van der Waals surface area contributed by atoms with E-state index in [0.29, 0.717) is 31.1 Å². The SMILES string of the molecule is CC(C)(C)OC(=O)N1CCC(CCC(=O)Nc2ccc(C(=O)O)cc2)CC1. The minimum absolute atomic E-state index is 0.0901. The lowest BCUT2D eigenvalue weighted by molar-refractivity contribution is -0.116. The van der Waals surface area contributed by atoms with E-state index in [0.717, 1.165) is 19.3 Å². The highest BCUT2D eigenvalue weighted by Gasteiger charge is 2.26. The number of aromatic carboxylic acids is 1. The molecule has 1 heterocycles. The molecule has 1 aliphatic heterocycles. The van der Waals surface area contributed by atoms with E-state index in [1.54, 1.807) is 17.0 Å². The third-order valence-electron chi connectivity index (χ3n) is 4.46. The predicted octanol–water partition coefficient (Wildman–Crippen LogP) is 3.75. The summed E-state index contributed by atoms with van der Waals surface area (Å²) in [5.41, 5.74) is 0.281. The fourth-order valence-corrected chi connectivity index (χ4v) is 2.99. The number of ether oxygens (including phenoxy) is 1. The molecule has 148 valence electrons. The third-order valence-corrected chi connectivity index (χ3v) is 4.46. The molecule has 0 spiro atoms. The van der Waals surface area contributed by atoms with E-state index in [-0.39, 0.29) is 17.6 Å². The van der Waals surface area contributed by atoms with Gasteiger partial charge in [-0.2, -0.15) is 0 Å². The molecule has 1 aromatic carbocycles. The van der Waals surface area contributed by atoms with Gasteiger partial charge < -0.3 is 20.1 Å². The van der Waals surface area contributed by atoms with Crippen LogP contribution in [0.5, 0.6) is 0 Å². The van der Waals surface area contributed by atoms with E-state index in [9.17, 15) is 14.4 Å². The lowest BCUT2D eigenvalue weighted by atomic mass is 9.92. The summed E-state index contributed by atoms with van der Waals surface area (Å²) in [5, 5.41) is 11.7. The Morgan fingerprint density at radius 2 is 1.74 bits per heavy atom. The summed E-state index contributed by atoms with van der Waals surface area (Å²) in [6.45, 7) is 6.86. The maximum absolute atomic E-state index is 12.1. The number of carbonyl (C=O) groups is 3. The monoisotopic (exact) mass is 376 g/mol. The summed E-state index contributed by atoms with van der Waals surface area (Å²) >= 11 is 0. The van der Waals surface area contributed by atoms with Gasteiger partial charge in [0.2, 0.25) is 5.91 Å². The molecule has 2 rings (SSSR count). The van der Waals surface area contributed by atoms with Crippen LogP contribution in [0, 0.1) is 5.92 Å². The zero-order chi connectivity index (χ0) is 20.0. The van der Waals surface area contributed by atoms with Gasteiger partial charge in [0.1, 0.15) is 5.60 Å². The van der Waals surface area contributed by atoms with Gasteiger partial charge in [-0.05, 0) is 70.2 Å². The Bertz CT molecular complexity index is 671. The van der Waals surface area contributed by atoms with Gasteiger partial charge in [-0.3, -0.25) is 4.79 Å². The molecule has 0 aromatic heterocycles. The number of carboxylic acid groups (broad SMARTS) is 1. The van der Waals surface area contributed by atoms with Gasteiger partial charge in [0.25, 0.3) is 0 Å². The van der Waals surface area contributed by atoms with Crippen molar-refractivity contribution in [1.29, 1.82) is 0 Å². The van der Waals surface area contributed by atoms with Crippen LogP contribution in [0.3, 0.4) is 0 Å². The van der Waals surface area contributed by atoms with E-state index in [2.05, 4.69) is 5.32 Å². The topological polar surface area (TPSA) is 95.9 Å². The number of likely N-dealkylation sites (tertiary alicyclic amines) is 1. The van der Waals surface area contributed by atoms with Crippen LogP contribution in [0.1, 0.15) is 56.8 Å². The number of benzene rings is 1. The molecule has 0 unspecified atom stereocenters. The van der Waals surface area contributed by atoms with Crippen LogP contribution in [-0.4, -0.2) is 46.7 Å². The highest BCUT2D eigenvalue weighted by Crippen LogP contribution is 2.23. The molecule has 7 heteroatoms. The largest absolute Gasteiger partial charge is 0.478 e. The quantitative estimate of drug-likeness (QED) is 0.816. The summed E-state index contributed by atoms with van der Waals surface area (Å²) in [7, 11) is 0. The number of rotatable bonds is 5. The molecule has 1 aromatic rings. The van der Waals surface area contributed by atoms with Gasteiger partial charge in [0.05, 0.1) is 5.56 Å². The maximum atomic E-state index is 12.1. The first-order valence-corrected chi connectivity index (χ1v) is 9.25. The Hall–Kier alpha value is -2.57. The van der Waals surface area contributed by atoms with Crippen molar-refractivity contribution >= 4 is 23.7 Å². The average Bonchev–Trinajstić information content (AvgIpc) is 2.59. The minimum atomic E-state index is -0.995. The molecular formula is C20H28N2O5. The molecule has 1 saturated heterocycles. The summed E-state index contributed by atoms with van der Waals surface area (Å²) in [6.07, 6.45) is 2.61. The summed E-state index contributed by atoms with van der Waals surface area (Å²) in [4.78, 5) is 36.7. The second-order valence-corrected chi connectivity index (χ2v) is 7.88. The molecule has 0 atom stereocenters. The van der Waals surface area contributed by atoms with Gasteiger partial charge in [0, 0.05) is 25.2 Å². The minimum Gasteiger partial charge on any atom is -0.478 e. The number of hydrogen-bond acceptors (Lipinski definition) is 4. The maximum Gasteiger partial charge on any atom is 0.410 e. The van der Waals surface area contributed by atoms with Gasteiger partial charge in [0.15, 0.2) is 0 Å². The highest BCUT2D eigenvalue weighted by molar-refractivity contribution is 5.92. The molecule has 2 N–H and O–H groups in total. The van der Waals surface area contributed by atoms with Crippen LogP contribution in [0.4, 0.5) is 10.5 Å². The Morgan fingerprint density at radius 1 is 1.15 bits per heavy atom. The zero-order valence-corrected chi connectivity index (χ0v) is 16.2. The van der Waals surface area contributed by atoms with Crippen LogP contribution in [0.2, 0.25) is 0 Å². The first kappa shape index (κ1) is 20.7. The van der Waals surface area contributed by atoms with E-state index >= 15 is 0 Å².